The molecule has 94 valence electrons. The zero-order valence-electron chi connectivity index (χ0n) is 10.7. The van der Waals surface area contributed by atoms with E-state index in [2.05, 4.69) is 30.7 Å². The predicted molar refractivity (Wildman–Crippen MR) is 69.3 cm³/mol. The van der Waals surface area contributed by atoms with E-state index in [1.54, 1.807) is 6.07 Å². The lowest BCUT2D eigenvalue weighted by Crippen LogP contribution is -2.23. The molecule has 0 saturated carbocycles. The highest BCUT2D eigenvalue weighted by Gasteiger charge is 2.12. The monoisotopic (exact) mass is 236 g/mol. The van der Waals surface area contributed by atoms with Gasteiger partial charge in [-0.25, -0.2) is 4.39 Å². The largest absolute Gasteiger partial charge is 0.308 e. The summed E-state index contributed by atoms with van der Waals surface area (Å²) in [4.78, 5) is 4.14. The van der Waals surface area contributed by atoms with Crippen molar-refractivity contribution in [2.24, 2.45) is 0 Å². The lowest BCUT2D eigenvalue weighted by molar-refractivity contribution is 0.509. The maximum Gasteiger partial charge on any atom is 0.141 e. The zero-order chi connectivity index (χ0) is 12.7. The molecular weight excluding hydrogens is 215 g/mol. The molecular formula is C14H21FN2. The van der Waals surface area contributed by atoms with Crippen LogP contribution >= 0.6 is 0 Å². The molecule has 1 heterocycles. The van der Waals surface area contributed by atoms with E-state index >= 15 is 0 Å². The minimum absolute atomic E-state index is 0.142. The summed E-state index contributed by atoms with van der Waals surface area (Å²) in [5.74, 6) is -0.294. The van der Waals surface area contributed by atoms with Crippen LogP contribution in [0.15, 0.2) is 30.5 Å². The lowest BCUT2D eigenvalue weighted by Gasteiger charge is -2.18. The first kappa shape index (κ1) is 13.8. The Morgan fingerprint density at radius 3 is 2.76 bits per heavy atom. The van der Waals surface area contributed by atoms with Crippen molar-refractivity contribution in [3.8, 4) is 0 Å². The van der Waals surface area contributed by atoms with Crippen LogP contribution in [0, 0.1) is 5.82 Å². The smallest absolute Gasteiger partial charge is 0.141 e. The van der Waals surface area contributed by atoms with Gasteiger partial charge in [0.2, 0.25) is 0 Å². The van der Waals surface area contributed by atoms with E-state index < -0.39 is 0 Å². The molecule has 0 aliphatic carbocycles. The number of nitrogens with zero attached hydrogens (tertiary/aromatic N) is 1. The summed E-state index contributed by atoms with van der Waals surface area (Å²) in [7, 11) is 0. The average molecular weight is 236 g/mol. The van der Waals surface area contributed by atoms with Crippen LogP contribution < -0.4 is 5.32 Å². The van der Waals surface area contributed by atoms with Gasteiger partial charge in [0.1, 0.15) is 5.82 Å². The lowest BCUT2D eigenvalue weighted by atomic mass is 10.0. The molecule has 0 saturated heterocycles. The number of rotatable bonds is 7. The fraction of sp³-hybridized carbons (Fsp3) is 0.500. The molecule has 0 aliphatic heterocycles. The second-order valence-electron chi connectivity index (χ2n) is 4.22. The molecule has 0 amide bonds. The van der Waals surface area contributed by atoms with Crippen LogP contribution in [-0.4, -0.2) is 11.5 Å². The molecule has 17 heavy (non-hydrogen) atoms. The first-order valence-electron chi connectivity index (χ1n) is 6.18. The third-order valence-corrected chi connectivity index (χ3v) is 2.74. The Hall–Kier alpha value is -1.22. The quantitative estimate of drug-likeness (QED) is 0.731. The van der Waals surface area contributed by atoms with Gasteiger partial charge in [-0.2, -0.15) is 0 Å². The van der Waals surface area contributed by atoms with Gasteiger partial charge in [-0.05, 0) is 37.9 Å². The van der Waals surface area contributed by atoms with E-state index in [-0.39, 0.29) is 11.9 Å². The maximum absolute atomic E-state index is 12.8. The van der Waals surface area contributed by atoms with Gasteiger partial charge in [-0.1, -0.05) is 26.0 Å². The first-order valence-corrected chi connectivity index (χ1v) is 6.18. The van der Waals surface area contributed by atoms with Crippen LogP contribution in [0.25, 0.3) is 0 Å². The minimum Gasteiger partial charge on any atom is -0.308 e. The molecule has 3 heteroatoms. The zero-order valence-corrected chi connectivity index (χ0v) is 10.7. The molecule has 0 bridgehead atoms. The SMILES string of the molecule is C=C(CC)CC(NCCC)c1ccc(F)cn1. The van der Waals surface area contributed by atoms with Crippen LogP contribution in [0.3, 0.4) is 0 Å². The minimum atomic E-state index is -0.294. The summed E-state index contributed by atoms with van der Waals surface area (Å²) in [5, 5.41) is 3.42. The molecule has 1 N–H and O–H groups in total. The Labute approximate surface area is 103 Å². The third-order valence-electron chi connectivity index (χ3n) is 2.74. The molecule has 0 spiro atoms. The Balaban J connectivity index is 2.74. The van der Waals surface area contributed by atoms with Crippen LogP contribution in [0.5, 0.6) is 0 Å². The number of halogens is 1. The van der Waals surface area contributed by atoms with E-state index in [1.165, 1.54) is 17.8 Å². The van der Waals surface area contributed by atoms with E-state index in [4.69, 9.17) is 0 Å². The molecule has 0 fully saturated rings. The Kier molecular flexibility index (Phi) is 5.84. The highest BCUT2D eigenvalue weighted by Crippen LogP contribution is 2.20. The fourth-order valence-corrected chi connectivity index (χ4v) is 1.63. The van der Waals surface area contributed by atoms with E-state index in [0.29, 0.717) is 0 Å². The van der Waals surface area contributed by atoms with Crippen molar-refractivity contribution in [1.29, 1.82) is 0 Å². The number of hydrogen-bond donors (Lipinski definition) is 1. The topological polar surface area (TPSA) is 24.9 Å². The van der Waals surface area contributed by atoms with Crippen molar-refractivity contribution in [2.75, 3.05) is 6.54 Å². The molecule has 1 aromatic heterocycles. The van der Waals surface area contributed by atoms with Crippen molar-refractivity contribution in [3.05, 3.63) is 42.0 Å². The summed E-state index contributed by atoms with van der Waals surface area (Å²) >= 11 is 0. The standard InChI is InChI=1S/C14H21FN2/c1-4-8-16-14(9-11(3)5-2)13-7-6-12(15)10-17-13/h6-7,10,14,16H,3-5,8-9H2,1-2H3. The van der Waals surface area contributed by atoms with E-state index in [1.807, 2.05) is 0 Å². The number of pyridine rings is 1. The molecule has 0 aromatic carbocycles. The van der Waals surface area contributed by atoms with Gasteiger partial charge in [-0.3, -0.25) is 4.98 Å². The van der Waals surface area contributed by atoms with Crippen LogP contribution in [0.1, 0.15) is 44.8 Å². The Morgan fingerprint density at radius 1 is 1.47 bits per heavy atom. The summed E-state index contributed by atoms with van der Waals surface area (Å²) < 4.78 is 12.8. The second kappa shape index (κ2) is 7.17. The van der Waals surface area contributed by atoms with Crippen LogP contribution in [0.2, 0.25) is 0 Å². The number of aromatic nitrogens is 1. The summed E-state index contributed by atoms with van der Waals surface area (Å²) in [5.41, 5.74) is 2.07. The van der Waals surface area contributed by atoms with Gasteiger partial charge in [0, 0.05) is 0 Å². The fourth-order valence-electron chi connectivity index (χ4n) is 1.63. The van der Waals surface area contributed by atoms with Crippen molar-refractivity contribution >= 4 is 0 Å². The summed E-state index contributed by atoms with van der Waals surface area (Å²) in [6.07, 6.45) is 4.15. The average Bonchev–Trinajstić information content (AvgIpc) is 2.35. The molecule has 0 aliphatic rings. The van der Waals surface area contributed by atoms with Crippen molar-refractivity contribution in [1.82, 2.24) is 10.3 Å². The normalized spacial score (nSPS) is 12.4. The number of nitrogens with one attached hydrogen (secondary N) is 1. The van der Waals surface area contributed by atoms with Crippen LogP contribution in [-0.2, 0) is 0 Å². The van der Waals surface area contributed by atoms with Crippen molar-refractivity contribution < 1.29 is 4.39 Å². The van der Waals surface area contributed by atoms with Crippen LogP contribution in [0.4, 0.5) is 4.39 Å². The van der Waals surface area contributed by atoms with Gasteiger partial charge in [0.15, 0.2) is 0 Å². The van der Waals surface area contributed by atoms with Gasteiger partial charge >= 0.3 is 0 Å². The molecule has 2 nitrogen and oxygen atoms in total. The molecule has 1 aromatic rings. The van der Waals surface area contributed by atoms with Gasteiger partial charge in [-0.15, -0.1) is 0 Å². The number of hydrogen-bond acceptors (Lipinski definition) is 2. The maximum atomic E-state index is 12.8. The first-order chi connectivity index (χ1) is 8.17. The van der Waals surface area contributed by atoms with E-state index in [9.17, 15) is 4.39 Å². The molecule has 1 atom stereocenters. The second-order valence-corrected chi connectivity index (χ2v) is 4.22. The Morgan fingerprint density at radius 2 is 2.24 bits per heavy atom. The highest BCUT2D eigenvalue weighted by atomic mass is 19.1. The summed E-state index contributed by atoms with van der Waals surface area (Å²) in [6.45, 7) is 9.17. The van der Waals surface area contributed by atoms with Crippen molar-refractivity contribution in [3.63, 3.8) is 0 Å². The van der Waals surface area contributed by atoms with Gasteiger partial charge in [0.05, 0.1) is 17.9 Å². The summed E-state index contributed by atoms with van der Waals surface area (Å²) in [6, 6.07) is 3.34. The van der Waals surface area contributed by atoms with Gasteiger partial charge in [0.25, 0.3) is 0 Å². The third kappa shape index (κ3) is 4.65. The van der Waals surface area contributed by atoms with Gasteiger partial charge < -0.3 is 5.32 Å². The highest BCUT2D eigenvalue weighted by molar-refractivity contribution is 5.13. The van der Waals surface area contributed by atoms with E-state index in [0.717, 1.165) is 31.5 Å². The molecule has 0 radical (unpaired) electrons. The molecule has 1 unspecified atom stereocenters. The predicted octanol–water partition coefficient (Wildman–Crippen LogP) is 3.62. The Bertz CT molecular complexity index is 346. The molecule has 1 rings (SSSR count). The van der Waals surface area contributed by atoms with Crippen molar-refractivity contribution in [2.45, 2.75) is 39.2 Å².